The first-order chi connectivity index (χ1) is 16.7. The zero-order chi connectivity index (χ0) is 24.2. The van der Waals surface area contributed by atoms with Crippen LogP contribution < -0.4 is 21.6 Å². The van der Waals surface area contributed by atoms with Gasteiger partial charge >= 0.3 is 5.97 Å². The highest BCUT2D eigenvalue weighted by molar-refractivity contribution is 7.97. The maximum absolute atomic E-state index is 13.9. The maximum Gasteiger partial charge on any atom is 0.342 e. The van der Waals surface area contributed by atoms with Gasteiger partial charge in [-0.1, -0.05) is 104 Å². The Morgan fingerprint density at radius 1 is 0.824 bits per heavy atom. The van der Waals surface area contributed by atoms with Crippen LogP contribution in [0.4, 0.5) is 0 Å². The lowest BCUT2D eigenvalue weighted by Gasteiger charge is -2.31. The zero-order valence-corrected chi connectivity index (χ0v) is 20.3. The minimum Gasteiger partial charge on any atom is -0.462 e. The second-order valence-electron chi connectivity index (χ2n) is 7.56. The molecule has 0 unspecified atom stereocenters. The molecule has 34 heavy (non-hydrogen) atoms. The monoisotopic (exact) mass is 474 g/mol. The molecule has 3 rings (SSSR count). The molecule has 0 heterocycles. The quantitative estimate of drug-likeness (QED) is 0.109. The van der Waals surface area contributed by atoms with Crippen molar-refractivity contribution < 1.29 is 19.0 Å². The number of esters is 1. The molecule has 0 aliphatic rings. The molecular weight excluding hydrogens is 444 g/mol. The fraction of sp³-hybridized carbons (Fsp3) is 0.222. The van der Waals surface area contributed by atoms with E-state index in [2.05, 4.69) is 0 Å². The molecule has 0 spiro atoms. The van der Waals surface area contributed by atoms with Gasteiger partial charge < -0.3 is 15.1 Å². The van der Waals surface area contributed by atoms with Gasteiger partial charge in [-0.05, 0) is 29.7 Å². The highest BCUT2D eigenvalue weighted by Gasteiger charge is 2.37. The predicted octanol–water partition coefficient (Wildman–Crippen LogP) is 3.04. The van der Waals surface area contributed by atoms with Gasteiger partial charge in [0.15, 0.2) is 5.78 Å². The second kappa shape index (κ2) is 13.1. The number of benzene rings is 3. The number of rotatable bonds is 12. The Hall–Kier alpha value is -2.92. The smallest absolute Gasteiger partial charge is 0.342 e. The average Bonchev–Trinajstić information content (AvgIpc) is 2.88. The standard InChI is InChI=1S/C27H30BNO4P/c1-2-32-27(31)26(25(30)19-12-20-28-33-21-29)34(22-13-6-3-7-14-22,23-15-8-4-9-16-23)24-17-10-5-11-18-24/h3-11,13-18H,2,12,19-21,29H2,1H3. The van der Waals surface area contributed by atoms with Crippen LogP contribution in [0.25, 0.3) is 0 Å². The highest BCUT2D eigenvalue weighted by Crippen LogP contribution is 2.46. The highest BCUT2D eigenvalue weighted by atomic mass is 31.2. The number of hydrogen-bond donors (Lipinski definition) is 1. The molecule has 0 bridgehead atoms. The molecule has 7 heteroatoms. The van der Waals surface area contributed by atoms with Crippen molar-refractivity contribution in [3.8, 4) is 0 Å². The molecule has 0 saturated carbocycles. The summed E-state index contributed by atoms with van der Waals surface area (Å²) in [5, 5.41) is 3.02. The Kier molecular flexibility index (Phi) is 9.90. The molecule has 3 aromatic carbocycles. The van der Waals surface area contributed by atoms with Crippen molar-refractivity contribution >= 4 is 47.3 Å². The summed E-state index contributed by atoms with van der Waals surface area (Å²) < 4.78 is 10.6. The minimum absolute atomic E-state index is 0.0960. The molecule has 0 amide bonds. The van der Waals surface area contributed by atoms with E-state index < -0.39 is 12.9 Å². The van der Waals surface area contributed by atoms with Gasteiger partial charge in [-0.15, -0.1) is 0 Å². The number of carbonyl (C=O) groups excluding carboxylic acids is 2. The SMILES string of the molecule is CCOC(=O)C(C(=O)CCC[B]OCN)=P(c1ccccc1)(c1ccccc1)c1ccccc1. The topological polar surface area (TPSA) is 78.6 Å². The van der Waals surface area contributed by atoms with E-state index in [1.807, 2.05) is 91.0 Å². The maximum atomic E-state index is 13.9. The number of carbonyl (C=O) groups is 2. The molecule has 0 aliphatic heterocycles. The number of Topliss-reactive ketones (excluding diaryl/α,β-unsaturated/α-hetero) is 1. The Balaban J connectivity index is 2.36. The number of ether oxygens (including phenoxy) is 1. The van der Waals surface area contributed by atoms with Gasteiger partial charge in [0.25, 0.3) is 7.48 Å². The van der Waals surface area contributed by atoms with E-state index in [0.29, 0.717) is 12.7 Å². The molecule has 1 radical (unpaired) electrons. The number of ketones is 1. The van der Waals surface area contributed by atoms with Gasteiger partial charge in [-0.25, -0.2) is 4.79 Å². The summed E-state index contributed by atoms with van der Waals surface area (Å²) in [6.07, 6.45) is 1.30. The molecular formula is C27H30BNO4P. The summed E-state index contributed by atoms with van der Waals surface area (Å²) in [6, 6.07) is 29.5. The summed E-state index contributed by atoms with van der Waals surface area (Å²) in [5.74, 6) is -0.760. The van der Waals surface area contributed by atoms with E-state index in [-0.39, 0.29) is 30.8 Å². The van der Waals surface area contributed by atoms with Crippen molar-refractivity contribution in [2.45, 2.75) is 26.1 Å². The Bertz CT molecular complexity index is 1020. The lowest BCUT2D eigenvalue weighted by Crippen LogP contribution is -2.38. The van der Waals surface area contributed by atoms with E-state index in [1.54, 1.807) is 14.4 Å². The van der Waals surface area contributed by atoms with Crippen LogP contribution in [-0.4, -0.2) is 37.9 Å². The lowest BCUT2D eigenvalue weighted by atomic mass is 9.91. The van der Waals surface area contributed by atoms with Crippen LogP contribution in [0.15, 0.2) is 91.0 Å². The first-order valence-electron chi connectivity index (χ1n) is 11.4. The van der Waals surface area contributed by atoms with Gasteiger partial charge in [0.2, 0.25) is 0 Å². The number of hydrogen-bond acceptors (Lipinski definition) is 5. The molecule has 3 aromatic rings. The van der Waals surface area contributed by atoms with E-state index in [1.165, 1.54) is 0 Å². The fourth-order valence-electron chi connectivity index (χ4n) is 4.04. The zero-order valence-electron chi connectivity index (χ0n) is 19.4. The number of nitrogens with two attached hydrogens (primary N) is 1. The Morgan fingerprint density at radius 2 is 1.29 bits per heavy atom. The largest absolute Gasteiger partial charge is 0.462 e. The molecule has 0 fully saturated rings. The molecule has 2 N–H and O–H groups in total. The molecule has 0 saturated heterocycles. The third kappa shape index (κ3) is 5.76. The summed E-state index contributed by atoms with van der Waals surface area (Å²) in [7, 11) is 1.60. The third-order valence-corrected chi connectivity index (χ3v) is 9.76. The van der Waals surface area contributed by atoms with Gasteiger partial charge in [0.05, 0.1) is 13.3 Å². The predicted molar refractivity (Wildman–Crippen MR) is 142 cm³/mol. The minimum atomic E-state index is -2.84. The Labute approximate surface area is 202 Å². The van der Waals surface area contributed by atoms with Crippen molar-refractivity contribution in [1.82, 2.24) is 0 Å². The first-order valence-corrected chi connectivity index (χ1v) is 13.2. The van der Waals surface area contributed by atoms with E-state index in [4.69, 9.17) is 15.1 Å². The third-order valence-electron chi connectivity index (χ3n) is 5.44. The molecule has 175 valence electrons. The molecule has 0 atom stereocenters. The lowest BCUT2D eigenvalue weighted by molar-refractivity contribution is -0.135. The van der Waals surface area contributed by atoms with E-state index in [0.717, 1.165) is 15.9 Å². The van der Waals surface area contributed by atoms with Gasteiger partial charge in [0.1, 0.15) is 5.29 Å². The molecule has 5 nitrogen and oxygen atoms in total. The van der Waals surface area contributed by atoms with E-state index >= 15 is 0 Å². The van der Waals surface area contributed by atoms with Crippen LogP contribution in [0.2, 0.25) is 6.32 Å². The van der Waals surface area contributed by atoms with E-state index in [9.17, 15) is 9.59 Å². The van der Waals surface area contributed by atoms with Gasteiger partial charge in [-0.3, -0.25) is 4.79 Å². The van der Waals surface area contributed by atoms with Gasteiger partial charge in [0, 0.05) is 6.42 Å². The van der Waals surface area contributed by atoms with Crippen LogP contribution in [0.1, 0.15) is 19.8 Å². The van der Waals surface area contributed by atoms with Crippen LogP contribution >= 0.6 is 6.89 Å². The van der Waals surface area contributed by atoms with Crippen LogP contribution in [0, 0.1) is 0 Å². The summed E-state index contributed by atoms with van der Waals surface area (Å²) in [5.41, 5.74) is 5.36. The average molecular weight is 474 g/mol. The van der Waals surface area contributed by atoms with Crippen molar-refractivity contribution in [1.29, 1.82) is 0 Å². The summed E-state index contributed by atoms with van der Waals surface area (Å²) in [4.78, 5) is 27.5. The summed E-state index contributed by atoms with van der Waals surface area (Å²) in [6.45, 7) is -0.796. The van der Waals surface area contributed by atoms with Gasteiger partial charge in [-0.2, -0.15) is 0 Å². The van der Waals surface area contributed by atoms with Crippen LogP contribution in [-0.2, 0) is 19.0 Å². The Morgan fingerprint density at radius 3 is 1.71 bits per heavy atom. The summed E-state index contributed by atoms with van der Waals surface area (Å²) >= 11 is 0. The van der Waals surface area contributed by atoms with Crippen LogP contribution in [0.5, 0.6) is 0 Å². The van der Waals surface area contributed by atoms with Crippen molar-refractivity contribution in [2.24, 2.45) is 5.73 Å². The molecule has 0 aromatic heterocycles. The second-order valence-corrected chi connectivity index (χ2v) is 10.9. The fourth-order valence-corrected chi connectivity index (χ4v) is 8.39. The molecule has 0 aliphatic carbocycles. The van der Waals surface area contributed by atoms with Crippen LogP contribution in [0.3, 0.4) is 0 Å². The normalized spacial score (nSPS) is 11.0. The van der Waals surface area contributed by atoms with Crippen molar-refractivity contribution in [2.75, 3.05) is 13.3 Å². The van der Waals surface area contributed by atoms with Crippen molar-refractivity contribution in [3.63, 3.8) is 0 Å². The van der Waals surface area contributed by atoms with Crippen molar-refractivity contribution in [3.05, 3.63) is 91.0 Å². The first kappa shape index (κ1) is 25.7.